The molecule has 0 aliphatic heterocycles. The molecule has 14 heavy (non-hydrogen) atoms. The summed E-state index contributed by atoms with van der Waals surface area (Å²) in [5.41, 5.74) is -0.752. The van der Waals surface area contributed by atoms with Gasteiger partial charge < -0.3 is 14.8 Å². The van der Waals surface area contributed by atoms with Gasteiger partial charge in [0.1, 0.15) is 5.54 Å². The standard InChI is InChI=1S/C10H21NO3/c1-6-8(2)14-7-10(3,11-4)9(12)13-5/h8,11H,6-7H2,1-5H3. The number of hydrogen-bond donors (Lipinski definition) is 1. The highest BCUT2D eigenvalue weighted by Gasteiger charge is 2.33. The van der Waals surface area contributed by atoms with E-state index in [1.807, 2.05) is 13.8 Å². The van der Waals surface area contributed by atoms with Crippen molar-refractivity contribution >= 4 is 5.97 Å². The van der Waals surface area contributed by atoms with Crippen LogP contribution in [0.25, 0.3) is 0 Å². The van der Waals surface area contributed by atoms with Crippen LogP contribution in [-0.4, -0.2) is 38.4 Å². The van der Waals surface area contributed by atoms with Crippen molar-refractivity contribution in [3.05, 3.63) is 0 Å². The van der Waals surface area contributed by atoms with Crippen LogP contribution in [-0.2, 0) is 14.3 Å². The largest absolute Gasteiger partial charge is 0.468 e. The quantitative estimate of drug-likeness (QED) is 0.653. The van der Waals surface area contributed by atoms with Crippen molar-refractivity contribution in [3.8, 4) is 0 Å². The molecule has 0 rings (SSSR count). The van der Waals surface area contributed by atoms with Gasteiger partial charge in [0, 0.05) is 0 Å². The fourth-order valence-electron chi connectivity index (χ4n) is 0.885. The van der Waals surface area contributed by atoms with E-state index in [0.717, 1.165) is 6.42 Å². The second kappa shape index (κ2) is 5.98. The zero-order valence-corrected chi connectivity index (χ0v) is 9.72. The van der Waals surface area contributed by atoms with Gasteiger partial charge in [-0.3, -0.25) is 0 Å². The van der Waals surface area contributed by atoms with Crippen molar-refractivity contribution in [2.75, 3.05) is 20.8 Å². The van der Waals surface area contributed by atoms with E-state index in [1.165, 1.54) is 7.11 Å². The Hall–Kier alpha value is -0.610. The first-order chi connectivity index (χ1) is 6.50. The lowest BCUT2D eigenvalue weighted by molar-refractivity contribution is -0.151. The highest BCUT2D eigenvalue weighted by molar-refractivity contribution is 5.80. The Morgan fingerprint density at radius 1 is 1.57 bits per heavy atom. The number of nitrogens with one attached hydrogen (secondary N) is 1. The first-order valence-electron chi connectivity index (χ1n) is 4.89. The van der Waals surface area contributed by atoms with Crippen molar-refractivity contribution < 1.29 is 14.3 Å². The monoisotopic (exact) mass is 203 g/mol. The van der Waals surface area contributed by atoms with Crippen LogP contribution in [0.3, 0.4) is 0 Å². The third-order valence-electron chi connectivity index (χ3n) is 2.42. The fraction of sp³-hybridized carbons (Fsp3) is 0.900. The Kier molecular flexibility index (Phi) is 5.72. The van der Waals surface area contributed by atoms with E-state index >= 15 is 0 Å². The molecule has 0 saturated heterocycles. The lowest BCUT2D eigenvalue weighted by Gasteiger charge is -2.27. The minimum Gasteiger partial charge on any atom is -0.468 e. The Labute approximate surface area is 86.0 Å². The molecular formula is C10H21NO3. The van der Waals surface area contributed by atoms with E-state index in [2.05, 4.69) is 5.32 Å². The fourth-order valence-corrected chi connectivity index (χ4v) is 0.885. The molecule has 0 aliphatic carbocycles. The minimum absolute atomic E-state index is 0.160. The summed E-state index contributed by atoms with van der Waals surface area (Å²) in [6.45, 7) is 6.11. The second-order valence-corrected chi connectivity index (χ2v) is 3.60. The lowest BCUT2D eigenvalue weighted by atomic mass is 10.1. The molecular weight excluding hydrogens is 182 g/mol. The van der Waals surface area contributed by atoms with Crippen molar-refractivity contribution in [2.24, 2.45) is 0 Å². The van der Waals surface area contributed by atoms with Gasteiger partial charge in [0.15, 0.2) is 0 Å². The minimum atomic E-state index is -0.752. The molecule has 0 amide bonds. The van der Waals surface area contributed by atoms with E-state index in [9.17, 15) is 4.79 Å². The zero-order valence-electron chi connectivity index (χ0n) is 9.72. The topological polar surface area (TPSA) is 47.6 Å². The predicted molar refractivity (Wildman–Crippen MR) is 55.2 cm³/mol. The molecule has 0 aliphatic rings. The number of hydrogen-bond acceptors (Lipinski definition) is 4. The van der Waals surface area contributed by atoms with Crippen LogP contribution in [0.1, 0.15) is 27.2 Å². The highest BCUT2D eigenvalue weighted by atomic mass is 16.5. The molecule has 84 valence electrons. The van der Waals surface area contributed by atoms with Gasteiger partial charge in [-0.15, -0.1) is 0 Å². The number of esters is 1. The van der Waals surface area contributed by atoms with Gasteiger partial charge in [0.25, 0.3) is 0 Å². The summed E-state index contributed by atoms with van der Waals surface area (Å²) in [7, 11) is 3.10. The van der Waals surface area contributed by atoms with Gasteiger partial charge >= 0.3 is 5.97 Å². The zero-order chi connectivity index (χ0) is 11.2. The van der Waals surface area contributed by atoms with E-state index in [-0.39, 0.29) is 12.1 Å². The first kappa shape index (κ1) is 13.4. The van der Waals surface area contributed by atoms with Crippen LogP contribution in [0.2, 0.25) is 0 Å². The maximum absolute atomic E-state index is 11.4. The average molecular weight is 203 g/mol. The number of carbonyl (C=O) groups is 1. The number of likely N-dealkylation sites (N-methyl/N-ethyl adjacent to an activating group) is 1. The van der Waals surface area contributed by atoms with Crippen molar-refractivity contribution in [1.29, 1.82) is 0 Å². The summed E-state index contributed by atoms with van der Waals surface area (Å²) >= 11 is 0. The maximum atomic E-state index is 11.4. The van der Waals surface area contributed by atoms with Crippen LogP contribution >= 0.6 is 0 Å². The smallest absolute Gasteiger partial charge is 0.328 e. The van der Waals surface area contributed by atoms with Gasteiger partial charge in [-0.05, 0) is 27.3 Å². The third kappa shape index (κ3) is 3.64. The first-order valence-corrected chi connectivity index (χ1v) is 4.89. The number of ether oxygens (including phenoxy) is 2. The summed E-state index contributed by atoms with van der Waals surface area (Å²) in [5, 5.41) is 2.91. The molecule has 2 atom stereocenters. The van der Waals surface area contributed by atoms with Crippen LogP contribution in [0.15, 0.2) is 0 Å². The summed E-state index contributed by atoms with van der Waals surface area (Å²) in [5.74, 6) is -0.302. The normalized spacial score (nSPS) is 17.2. The maximum Gasteiger partial charge on any atom is 0.328 e. The van der Waals surface area contributed by atoms with Crippen molar-refractivity contribution in [1.82, 2.24) is 5.32 Å². The van der Waals surface area contributed by atoms with Crippen LogP contribution in [0.4, 0.5) is 0 Å². The second-order valence-electron chi connectivity index (χ2n) is 3.60. The van der Waals surface area contributed by atoms with E-state index in [0.29, 0.717) is 6.61 Å². The van der Waals surface area contributed by atoms with E-state index < -0.39 is 5.54 Å². The Morgan fingerprint density at radius 3 is 2.50 bits per heavy atom. The number of carbonyl (C=O) groups excluding carboxylic acids is 1. The molecule has 0 heterocycles. The Bertz CT molecular complexity index is 184. The Morgan fingerprint density at radius 2 is 2.14 bits per heavy atom. The lowest BCUT2D eigenvalue weighted by Crippen LogP contribution is -2.52. The van der Waals surface area contributed by atoms with E-state index in [4.69, 9.17) is 9.47 Å². The van der Waals surface area contributed by atoms with Gasteiger partial charge in [0.05, 0.1) is 19.8 Å². The molecule has 0 fully saturated rings. The summed E-state index contributed by atoms with van der Waals surface area (Å²) < 4.78 is 10.2. The molecule has 4 heteroatoms. The Balaban J connectivity index is 4.19. The average Bonchev–Trinajstić information content (AvgIpc) is 2.23. The summed E-state index contributed by atoms with van der Waals surface area (Å²) in [6.07, 6.45) is 1.09. The summed E-state index contributed by atoms with van der Waals surface area (Å²) in [6, 6.07) is 0. The number of methoxy groups -OCH3 is 1. The predicted octanol–water partition coefficient (Wildman–Crippen LogP) is 0.953. The molecule has 0 bridgehead atoms. The van der Waals surface area contributed by atoms with Crippen molar-refractivity contribution in [2.45, 2.75) is 38.8 Å². The van der Waals surface area contributed by atoms with Crippen LogP contribution < -0.4 is 5.32 Å². The molecule has 1 N–H and O–H groups in total. The molecule has 0 saturated carbocycles. The van der Waals surface area contributed by atoms with Crippen LogP contribution in [0, 0.1) is 0 Å². The molecule has 0 aromatic rings. The van der Waals surface area contributed by atoms with Gasteiger partial charge in [-0.25, -0.2) is 4.79 Å². The molecule has 0 aromatic heterocycles. The SMILES string of the molecule is CCC(C)OCC(C)(NC)C(=O)OC. The van der Waals surface area contributed by atoms with Gasteiger partial charge in [-0.1, -0.05) is 6.92 Å². The molecule has 4 nitrogen and oxygen atoms in total. The highest BCUT2D eigenvalue weighted by Crippen LogP contribution is 2.08. The number of rotatable bonds is 6. The van der Waals surface area contributed by atoms with Crippen molar-refractivity contribution in [3.63, 3.8) is 0 Å². The third-order valence-corrected chi connectivity index (χ3v) is 2.42. The molecule has 0 spiro atoms. The molecule has 0 aromatic carbocycles. The summed E-state index contributed by atoms with van der Waals surface area (Å²) in [4.78, 5) is 11.4. The van der Waals surface area contributed by atoms with Crippen LogP contribution in [0.5, 0.6) is 0 Å². The van der Waals surface area contributed by atoms with E-state index in [1.54, 1.807) is 14.0 Å². The molecule has 2 unspecified atom stereocenters. The molecule has 0 radical (unpaired) electrons. The van der Waals surface area contributed by atoms with Gasteiger partial charge in [-0.2, -0.15) is 0 Å². The van der Waals surface area contributed by atoms with Gasteiger partial charge in [0.2, 0.25) is 0 Å².